The zero-order valence-corrected chi connectivity index (χ0v) is 13.6. The topological polar surface area (TPSA) is 75.4 Å². The maximum absolute atomic E-state index is 12.8. The molecule has 2 saturated heterocycles. The van der Waals surface area contributed by atoms with Crippen molar-refractivity contribution in [1.82, 2.24) is 15.4 Å². The van der Waals surface area contributed by atoms with Gasteiger partial charge in [-0.15, -0.1) is 0 Å². The minimum absolute atomic E-state index is 0.0365. The van der Waals surface area contributed by atoms with Crippen LogP contribution in [-0.2, 0) is 4.79 Å². The Bertz CT molecular complexity index is 804. The first-order valence-electron chi connectivity index (χ1n) is 7.95. The van der Waals surface area contributed by atoms with E-state index in [4.69, 9.17) is 16.1 Å². The SMILES string of the molecule is O=C1NC[C@@H]2[C@H]1CCCN2C(=O)c1cc(-c2ccccc2Cl)on1. The van der Waals surface area contributed by atoms with E-state index in [-0.39, 0.29) is 29.5 Å². The highest BCUT2D eigenvalue weighted by atomic mass is 35.5. The van der Waals surface area contributed by atoms with Crippen molar-refractivity contribution in [1.29, 1.82) is 0 Å². The van der Waals surface area contributed by atoms with Crippen LogP contribution in [-0.4, -0.2) is 41.0 Å². The number of fused-ring (bicyclic) bond motifs is 1. The van der Waals surface area contributed by atoms with E-state index in [1.807, 2.05) is 18.2 Å². The van der Waals surface area contributed by atoms with E-state index in [1.165, 1.54) is 0 Å². The van der Waals surface area contributed by atoms with Gasteiger partial charge >= 0.3 is 0 Å². The first-order chi connectivity index (χ1) is 11.6. The molecule has 0 bridgehead atoms. The maximum atomic E-state index is 12.8. The number of carbonyl (C=O) groups excluding carboxylic acids is 2. The fraction of sp³-hybridized carbons (Fsp3) is 0.353. The predicted molar refractivity (Wildman–Crippen MR) is 87.5 cm³/mol. The highest BCUT2D eigenvalue weighted by Gasteiger charge is 2.43. The van der Waals surface area contributed by atoms with Crippen LogP contribution in [0.1, 0.15) is 23.3 Å². The number of aromatic nitrogens is 1. The molecule has 1 aromatic carbocycles. The van der Waals surface area contributed by atoms with Crippen LogP contribution in [0.2, 0.25) is 5.02 Å². The number of hydrogen-bond acceptors (Lipinski definition) is 4. The van der Waals surface area contributed by atoms with Crippen molar-refractivity contribution in [3.63, 3.8) is 0 Å². The summed E-state index contributed by atoms with van der Waals surface area (Å²) in [6.07, 6.45) is 1.64. The van der Waals surface area contributed by atoms with Gasteiger partial charge in [-0.2, -0.15) is 0 Å². The van der Waals surface area contributed by atoms with E-state index in [0.717, 1.165) is 12.8 Å². The third kappa shape index (κ3) is 2.47. The molecule has 0 aliphatic carbocycles. The second-order valence-corrected chi connectivity index (χ2v) is 6.52. The van der Waals surface area contributed by atoms with Crippen LogP contribution < -0.4 is 5.32 Å². The van der Waals surface area contributed by atoms with Gasteiger partial charge in [-0.05, 0) is 25.0 Å². The number of hydrogen-bond donors (Lipinski definition) is 1. The molecule has 2 aromatic rings. The van der Waals surface area contributed by atoms with E-state index < -0.39 is 0 Å². The van der Waals surface area contributed by atoms with Gasteiger partial charge in [0.25, 0.3) is 5.91 Å². The van der Waals surface area contributed by atoms with Crippen LogP contribution >= 0.6 is 11.6 Å². The van der Waals surface area contributed by atoms with Crippen LogP contribution in [0.5, 0.6) is 0 Å². The standard InChI is InChI=1S/C17H16ClN3O3/c18-12-6-2-1-4-10(12)15-8-13(20-24-15)17(23)21-7-3-5-11-14(21)9-19-16(11)22/h1-2,4,6,8,11,14H,3,5,7,9H2,(H,19,22)/t11-,14-/m1/s1. The fourth-order valence-corrected chi connectivity index (χ4v) is 3.74. The Morgan fingerprint density at radius 1 is 1.38 bits per heavy atom. The minimum Gasteiger partial charge on any atom is -0.355 e. The number of likely N-dealkylation sites (tertiary alicyclic amines) is 1. The van der Waals surface area contributed by atoms with Gasteiger partial charge in [0.1, 0.15) is 0 Å². The number of benzene rings is 1. The summed E-state index contributed by atoms with van der Waals surface area (Å²) >= 11 is 6.16. The average molecular weight is 346 g/mol. The number of amides is 2. The zero-order chi connectivity index (χ0) is 16.7. The van der Waals surface area contributed by atoms with Gasteiger partial charge in [-0.1, -0.05) is 28.9 Å². The molecule has 124 valence electrons. The number of nitrogens with zero attached hydrogens (tertiary/aromatic N) is 2. The highest BCUT2D eigenvalue weighted by molar-refractivity contribution is 6.33. The number of piperidine rings is 1. The summed E-state index contributed by atoms with van der Waals surface area (Å²) in [5, 5.41) is 7.29. The van der Waals surface area contributed by atoms with Crippen molar-refractivity contribution < 1.29 is 14.1 Å². The molecule has 0 spiro atoms. The third-order valence-corrected chi connectivity index (χ3v) is 5.06. The molecule has 0 saturated carbocycles. The largest absolute Gasteiger partial charge is 0.355 e. The smallest absolute Gasteiger partial charge is 0.276 e. The summed E-state index contributed by atoms with van der Waals surface area (Å²) in [6, 6.07) is 8.75. The Kier molecular flexibility index (Phi) is 3.76. The van der Waals surface area contributed by atoms with E-state index in [0.29, 0.717) is 29.4 Å². The number of nitrogens with one attached hydrogen (secondary N) is 1. The van der Waals surface area contributed by atoms with Crippen LogP contribution in [0.25, 0.3) is 11.3 Å². The summed E-state index contributed by atoms with van der Waals surface area (Å²) in [5.74, 6) is 0.174. The molecule has 6 nitrogen and oxygen atoms in total. The Balaban J connectivity index is 1.59. The molecule has 7 heteroatoms. The first-order valence-corrected chi connectivity index (χ1v) is 8.33. The van der Waals surface area contributed by atoms with Crippen LogP contribution in [0, 0.1) is 5.92 Å². The quantitative estimate of drug-likeness (QED) is 0.906. The van der Waals surface area contributed by atoms with Crippen molar-refractivity contribution in [3.05, 3.63) is 41.0 Å². The number of halogens is 1. The molecule has 2 fully saturated rings. The second kappa shape index (κ2) is 5.94. The molecule has 24 heavy (non-hydrogen) atoms. The van der Waals surface area contributed by atoms with Gasteiger partial charge < -0.3 is 14.7 Å². The molecule has 2 amide bonds. The molecule has 2 aliphatic heterocycles. The molecular formula is C17H16ClN3O3. The molecular weight excluding hydrogens is 330 g/mol. The van der Waals surface area contributed by atoms with Gasteiger partial charge in [0.05, 0.1) is 17.0 Å². The van der Waals surface area contributed by atoms with E-state index in [2.05, 4.69) is 10.5 Å². The van der Waals surface area contributed by atoms with Crippen molar-refractivity contribution in [3.8, 4) is 11.3 Å². The molecule has 1 N–H and O–H groups in total. The minimum atomic E-state index is -0.205. The van der Waals surface area contributed by atoms with E-state index in [1.54, 1.807) is 17.0 Å². The van der Waals surface area contributed by atoms with Crippen molar-refractivity contribution in [2.24, 2.45) is 5.92 Å². The molecule has 0 unspecified atom stereocenters. The lowest BCUT2D eigenvalue weighted by atomic mass is 9.91. The van der Waals surface area contributed by atoms with Crippen molar-refractivity contribution >= 4 is 23.4 Å². The highest BCUT2D eigenvalue weighted by Crippen LogP contribution is 2.31. The maximum Gasteiger partial charge on any atom is 0.276 e. The Morgan fingerprint density at radius 3 is 3.04 bits per heavy atom. The summed E-state index contributed by atoms with van der Waals surface area (Å²) in [5.41, 5.74) is 0.935. The van der Waals surface area contributed by atoms with Crippen LogP contribution in [0.4, 0.5) is 0 Å². The lowest BCUT2D eigenvalue weighted by Gasteiger charge is -2.35. The normalized spacial score (nSPS) is 23.0. The average Bonchev–Trinajstić information content (AvgIpc) is 3.22. The van der Waals surface area contributed by atoms with E-state index >= 15 is 0 Å². The van der Waals surface area contributed by atoms with Crippen molar-refractivity contribution in [2.75, 3.05) is 13.1 Å². The summed E-state index contributed by atoms with van der Waals surface area (Å²) in [4.78, 5) is 26.4. The summed E-state index contributed by atoms with van der Waals surface area (Å²) in [6.45, 7) is 1.13. The molecule has 0 radical (unpaired) electrons. The Hall–Kier alpha value is -2.34. The summed E-state index contributed by atoms with van der Waals surface area (Å²) in [7, 11) is 0. The predicted octanol–water partition coefficient (Wildman–Crippen LogP) is 2.35. The Morgan fingerprint density at radius 2 is 2.21 bits per heavy atom. The number of carbonyl (C=O) groups is 2. The lowest BCUT2D eigenvalue weighted by molar-refractivity contribution is -0.123. The van der Waals surface area contributed by atoms with Gasteiger partial charge in [0.15, 0.2) is 11.5 Å². The first kappa shape index (κ1) is 15.2. The monoisotopic (exact) mass is 345 g/mol. The van der Waals surface area contributed by atoms with Crippen molar-refractivity contribution in [2.45, 2.75) is 18.9 Å². The zero-order valence-electron chi connectivity index (χ0n) is 12.9. The third-order valence-electron chi connectivity index (χ3n) is 4.73. The molecule has 1 aromatic heterocycles. The van der Waals surface area contributed by atoms with Crippen LogP contribution in [0.15, 0.2) is 34.9 Å². The fourth-order valence-electron chi connectivity index (χ4n) is 3.51. The molecule has 2 atom stereocenters. The van der Waals surface area contributed by atoms with Gasteiger partial charge in [-0.25, -0.2) is 0 Å². The second-order valence-electron chi connectivity index (χ2n) is 6.12. The van der Waals surface area contributed by atoms with E-state index in [9.17, 15) is 9.59 Å². The number of rotatable bonds is 2. The lowest BCUT2D eigenvalue weighted by Crippen LogP contribution is -2.48. The van der Waals surface area contributed by atoms with Gasteiger partial charge in [0.2, 0.25) is 5.91 Å². The molecule has 4 rings (SSSR count). The molecule has 2 aliphatic rings. The Labute approximate surface area is 143 Å². The van der Waals surface area contributed by atoms with Crippen LogP contribution in [0.3, 0.4) is 0 Å². The van der Waals surface area contributed by atoms with Gasteiger partial charge in [-0.3, -0.25) is 9.59 Å². The molecule has 3 heterocycles. The van der Waals surface area contributed by atoms with Gasteiger partial charge in [0, 0.05) is 24.7 Å². The summed E-state index contributed by atoms with van der Waals surface area (Å²) < 4.78 is 5.31.